The van der Waals surface area contributed by atoms with E-state index in [1.807, 2.05) is 54.6 Å². The van der Waals surface area contributed by atoms with Crippen LogP contribution in [0.2, 0.25) is 0 Å². The first-order chi connectivity index (χ1) is 13.1. The van der Waals surface area contributed by atoms with Crippen LogP contribution in [0.25, 0.3) is 11.1 Å². The number of aryl methyl sites for hydroxylation is 1. The van der Waals surface area contributed by atoms with Gasteiger partial charge in [0.15, 0.2) is 0 Å². The molecule has 1 heterocycles. The Morgan fingerprint density at radius 3 is 2.52 bits per heavy atom. The third-order valence-corrected chi connectivity index (χ3v) is 4.82. The minimum atomic E-state index is -0.480. The van der Waals surface area contributed by atoms with Crippen LogP contribution in [-0.4, -0.2) is 11.8 Å². The van der Waals surface area contributed by atoms with E-state index in [4.69, 9.17) is 0 Å². The summed E-state index contributed by atoms with van der Waals surface area (Å²) in [6.45, 7) is 2.07. The summed E-state index contributed by atoms with van der Waals surface area (Å²) in [4.78, 5) is 24.7. The summed E-state index contributed by atoms with van der Waals surface area (Å²) in [7, 11) is 0. The van der Waals surface area contributed by atoms with Crippen molar-refractivity contribution in [1.29, 1.82) is 0 Å². The van der Waals surface area contributed by atoms with Gasteiger partial charge < -0.3 is 10.6 Å². The van der Waals surface area contributed by atoms with Crippen LogP contribution in [0.3, 0.4) is 0 Å². The standard InChI is InChI=1S/C23H20N2O2/c1-15-5-4-6-17(13-15)16-9-11-18(12-10-16)24-23(27)20-14-22(26)25-21-8-3-2-7-19(20)21/h2-13,20H,14H2,1H3,(H,24,27)(H,25,26). The highest BCUT2D eigenvalue weighted by molar-refractivity contribution is 6.05. The molecule has 1 atom stereocenters. The van der Waals surface area contributed by atoms with E-state index < -0.39 is 5.92 Å². The van der Waals surface area contributed by atoms with Crippen LogP contribution in [0, 0.1) is 6.92 Å². The van der Waals surface area contributed by atoms with Gasteiger partial charge in [0.2, 0.25) is 11.8 Å². The number of hydrogen-bond donors (Lipinski definition) is 2. The molecule has 4 rings (SSSR count). The lowest BCUT2D eigenvalue weighted by atomic mass is 9.89. The van der Waals surface area contributed by atoms with E-state index in [0.29, 0.717) is 5.69 Å². The average Bonchev–Trinajstić information content (AvgIpc) is 2.68. The number of nitrogens with one attached hydrogen (secondary N) is 2. The second-order valence-electron chi connectivity index (χ2n) is 6.83. The molecule has 0 fully saturated rings. The molecule has 1 unspecified atom stereocenters. The number of carbonyl (C=O) groups excluding carboxylic acids is 2. The molecule has 2 N–H and O–H groups in total. The number of amides is 2. The summed E-state index contributed by atoms with van der Waals surface area (Å²) in [5, 5.41) is 5.76. The first kappa shape index (κ1) is 17.0. The number of anilines is 2. The molecule has 3 aromatic rings. The maximum atomic E-state index is 12.8. The van der Waals surface area contributed by atoms with E-state index >= 15 is 0 Å². The van der Waals surface area contributed by atoms with E-state index in [-0.39, 0.29) is 18.2 Å². The molecule has 4 heteroatoms. The van der Waals surface area contributed by atoms with Crippen LogP contribution in [0.5, 0.6) is 0 Å². The van der Waals surface area contributed by atoms with Gasteiger partial charge in [-0.05, 0) is 41.8 Å². The molecule has 0 spiro atoms. The van der Waals surface area contributed by atoms with Crippen LogP contribution in [0.4, 0.5) is 11.4 Å². The molecule has 0 radical (unpaired) electrons. The highest BCUT2D eigenvalue weighted by Gasteiger charge is 2.30. The zero-order valence-electron chi connectivity index (χ0n) is 15.0. The Labute approximate surface area is 158 Å². The topological polar surface area (TPSA) is 58.2 Å². The van der Waals surface area contributed by atoms with Crippen molar-refractivity contribution in [2.75, 3.05) is 10.6 Å². The van der Waals surface area contributed by atoms with Crippen molar-refractivity contribution < 1.29 is 9.59 Å². The lowest BCUT2D eigenvalue weighted by molar-refractivity contribution is -0.123. The Bertz CT molecular complexity index is 1010. The van der Waals surface area contributed by atoms with Crippen molar-refractivity contribution in [3.63, 3.8) is 0 Å². The predicted molar refractivity (Wildman–Crippen MR) is 108 cm³/mol. The van der Waals surface area contributed by atoms with Gasteiger partial charge in [0.1, 0.15) is 0 Å². The average molecular weight is 356 g/mol. The van der Waals surface area contributed by atoms with Gasteiger partial charge in [-0.1, -0.05) is 60.2 Å². The highest BCUT2D eigenvalue weighted by atomic mass is 16.2. The Kier molecular flexibility index (Phi) is 4.47. The van der Waals surface area contributed by atoms with E-state index in [1.54, 1.807) is 0 Å². The molecule has 134 valence electrons. The fraction of sp³-hybridized carbons (Fsp3) is 0.130. The van der Waals surface area contributed by atoms with Gasteiger partial charge >= 0.3 is 0 Å². The van der Waals surface area contributed by atoms with E-state index in [0.717, 1.165) is 22.4 Å². The van der Waals surface area contributed by atoms with Crippen molar-refractivity contribution in [2.24, 2.45) is 0 Å². The summed E-state index contributed by atoms with van der Waals surface area (Å²) in [6, 6.07) is 23.5. The minimum absolute atomic E-state index is 0.136. The largest absolute Gasteiger partial charge is 0.326 e. The third-order valence-electron chi connectivity index (χ3n) is 4.82. The van der Waals surface area contributed by atoms with Crippen molar-refractivity contribution >= 4 is 23.2 Å². The molecule has 0 saturated carbocycles. The van der Waals surface area contributed by atoms with Gasteiger partial charge in [-0.3, -0.25) is 9.59 Å². The van der Waals surface area contributed by atoms with Crippen LogP contribution >= 0.6 is 0 Å². The number of fused-ring (bicyclic) bond motifs is 1. The summed E-state index contributed by atoms with van der Waals surface area (Å²) < 4.78 is 0. The first-order valence-corrected chi connectivity index (χ1v) is 8.97. The molecular weight excluding hydrogens is 336 g/mol. The highest BCUT2D eigenvalue weighted by Crippen LogP contribution is 2.33. The fourth-order valence-corrected chi connectivity index (χ4v) is 3.45. The maximum Gasteiger partial charge on any atom is 0.232 e. The summed E-state index contributed by atoms with van der Waals surface area (Å²) in [6.07, 6.45) is 0.157. The maximum absolute atomic E-state index is 12.8. The van der Waals surface area contributed by atoms with Gasteiger partial charge in [0.05, 0.1) is 5.92 Å². The monoisotopic (exact) mass is 356 g/mol. The van der Waals surface area contributed by atoms with Crippen molar-refractivity contribution in [1.82, 2.24) is 0 Å². The van der Waals surface area contributed by atoms with E-state index in [9.17, 15) is 9.59 Å². The second-order valence-corrected chi connectivity index (χ2v) is 6.83. The Morgan fingerprint density at radius 1 is 0.963 bits per heavy atom. The number of para-hydroxylation sites is 1. The molecule has 0 aromatic heterocycles. The SMILES string of the molecule is Cc1cccc(-c2ccc(NC(=O)C3CC(=O)Nc4ccccc43)cc2)c1. The Balaban J connectivity index is 1.53. The van der Waals surface area contributed by atoms with Crippen LogP contribution in [0.1, 0.15) is 23.5 Å². The predicted octanol–water partition coefficient (Wildman–Crippen LogP) is 4.73. The summed E-state index contributed by atoms with van der Waals surface area (Å²) in [5.74, 6) is -0.782. The van der Waals surface area contributed by atoms with Crippen LogP contribution in [-0.2, 0) is 9.59 Å². The number of hydrogen-bond acceptors (Lipinski definition) is 2. The molecule has 0 saturated heterocycles. The van der Waals surface area contributed by atoms with Crippen molar-refractivity contribution in [3.05, 3.63) is 83.9 Å². The zero-order valence-corrected chi connectivity index (χ0v) is 15.0. The van der Waals surface area contributed by atoms with Crippen molar-refractivity contribution in [3.8, 4) is 11.1 Å². The summed E-state index contributed by atoms with van der Waals surface area (Å²) in [5.41, 5.74) is 5.73. The van der Waals surface area contributed by atoms with Gasteiger partial charge in [-0.2, -0.15) is 0 Å². The van der Waals surface area contributed by atoms with Gasteiger partial charge in [-0.15, -0.1) is 0 Å². The molecule has 0 bridgehead atoms. The molecule has 0 aliphatic carbocycles. The number of benzene rings is 3. The Hall–Kier alpha value is -3.40. The van der Waals surface area contributed by atoms with Crippen molar-refractivity contribution in [2.45, 2.75) is 19.3 Å². The van der Waals surface area contributed by atoms with Crippen LogP contribution in [0.15, 0.2) is 72.8 Å². The lowest BCUT2D eigenvalue weighted by Crippen LogP contribution is -2.30. The molecule has 27 heavy (non-hydrogen) atoms. The minimum Gasteiger partial charge on any atom is -0.326 e. The normalized spacial score (nSPS) is 15.6. The molecule has 4 nitrogen and oxygen atoms in total. The quantitative estimate of drug-likeness (QED) is 0.713. The molecule has 2 amide bonds. The smallest absolute Gasteiger partial charge is 0.232 e. The van der Waals surface area contributed by atoms with Gasteiger partial charge in [0, 0.05) is 17.8 Å². The zero-order chi connectivity index (χ0) is 18.8. The Morgan fingerprint density at radius 2 is 1.74 bits per heavy atom. The fourth-order valence-electron chi connectivity index (χ4n) is 3.45. The van der Waals surface area contributed by atoms with E-state index in [1.165, 1.54) is 5.56 Å². The third kappa shape index (κ3) is 3.60. The first-order valence-electron chi connectivity index (χ1n) is 8.97. The van der Waals surface area contributed by atoms with Crippen LogP contribution < -0.4 is 10.6 Å². The van der Waals surface area contributed by atoms with Gasteiger partial charge in [0.25, 0.3) is 0 Å². The second kappa shape index (κ2) is 7.08. The lowest BCUT2D eigenvalue weighted by Gasteiger charge is -2.24. The number of carbonyl (C=O) groups is 2. The molecule has 1 aliphatic heterocycles. The van der Waals surface area contributed by atoms with Gasteiger partial charge in [-0.25, -0.2) is 0 Å². The number of rotatable bonds is 3. The van der Waals surface area contributed by atoms with E-state index in [2.05, 4.69) is 35.8 Å². The summed E-state index contributed by atoms with van der Waals surface area (Å²) >= 11 is 0. The molecule has 3 aromatic carbocycles. The molecule has 1 aliphatic rings. The molecular formula is C23H20N2O2.